The number of nitrogens with one attached hydrogen (secondary N) is 1. The normalized spacial score (nSPS) is 10.4. The van der Waals surface area contributed by atoms with Crippen molar-refractivity contribution in [2.45, 2.75) is 0 Å². The Morgan fingerprint density at radius 1 is 1.64 bits per heavy atom. The van der Waals surface area contributed by atoms with Crippen LogP contribution in [0.2, 0.25) is 0 Å². The molecule has 3 N–H and O–H groups in total. The minimum absolute atomic E-state index is 0.163. The summed E-state index contributed by atoms with van der Waals surface area (Å²) in [6.45, 7) is 0. The van der Waals surface area contributed by atoms with Gasteiger partial charge in [0.2, 0.25) is 5.95 Å². The molecule has 0 unspecified atom stereocenters. The minimum Gasteiger partial charge on any atom is -0.464 e. The van der Waals surface area contributed by atoms with Crippen LogP contribution in [0.4, 0.5) is 5.95 Å². The zero-order valence-corrected chi connectivity index (χ0v) is 7.44. The fraction of sp³-hybridized carbons (Fsp3) is 0.125. The number of hydrogen-bond acceptors (Lipinski definition) is 5. The number of fused-ring (bicyclic) bond motifs is 1. The summed E-state index contributed by atoms with van der Waals surface area (Å²) in [4.78, 5) is 21.6. The molecule has 72 valence electrons. The predicted molar refractivity (Wildman–Crippen MR) is 49.6 cm³/mol. The number of nitrogens with two attached hydrogens (primary N) is 1. The molecule has 0 aliphatic carbocycles. The average molecular weight is 192 g/mol. The van der Waals surface area contributed by atoms with Gasteiger partial charge in [-0.3, -0.25) is 0 Å². The van der Waals surface area contributed by atoms with E-state index < -0.39 is 5.97 Å². The average Bonchev–Trinajstić information content (AvgIpc) is 2.59. The van der Waals surface area contributed by atoms with E-state index in [2.05, 4.69) is 19.7 Å². The molecule has 6 nitrogen and oxygen atoms in total. The molecule has 0 atom stereocenters. The molecule has 2 rings (SSSR count). The van der Waals surface area contributed by atoms with Gasteiger partial charge < -0.3 is 15.5 Å². The fourth-order valence-electron chi connectivity index (χ4n) is 1.15. The van der Waals surface area contributed by atoms with Crippen LogP contribution in [0.5, 0.6) is 0 Å². The van der Waals surface area contributed by atoms with E-state index in [0.717, 1.165) is 5.39 Å². The number of nitrogens with zero attached hydrogens (tertiary/aromatic N) is 2. The molecule has 0 radical (unpaired) electrons. The maximum absolute atomic E-state index is 11.1. The molecule has 2 heterocycles. The van der Waals surface area contributed by atoms with Crippen LogP contribution in [0.15, 0.2) is 12.3 Å². The van der Waals surface area contributed by atoms with Crippen LogP contribution in [0.25, 0.3) is 11.0 Å². The lowest BCUT2D eigenvalue weighted by Crippen LogP contribution is -2.00. The number of rotatable bonds is 1. The molecule has 0 aliphatic heterocycles. The predicted octanol–water partition coefficient (Wildman–Crippen LogP) is 0.327. The number of carbonyl (C=O) groups excluding carboxylic acids is 1. The third-order valence-corrected chi connectivity index (χ3v) is 1.79. The van der Waals surface area contributed by atoms with Gasteiger partial charge in [-0.1, -0.05) is 0 Å². The van der Waals surface area contributed by atoms with Gasteiger partial charge in [-0.05, 0) is 6.07 Å². The lowest BCUT2D eigenvalue weighted by atomic mass is 10.4. The Kier molecular flexibility index (Phi) is 1.81. The van der Waals surface area contributed by atoms with Crippen molar-refractivity contribution in [1.82, 2.24) is 15.0 Å². The van der Waals surface area contributed by atoms with Crippen molar-refractivity contribution < 1.29 is 9.53 Å². The van der Waals surface area contributed by atoms with Crippen molar-refractivity contribution in [1.29, 1.82) is 0 Å². The third kappa shape index (κ3) is 1.26. The number of carbonyl (C=O) groups is 1. The molecule has 0 fully saturated rings. The van der Waals surface area contributed by atoms with E-state index in [4.69, 9.17) is 5.73 Å². The Hall–Kier alpha value is -2.11. The van der Waals surface area contributed by atoms with Gasteiger partial charge in [0.25, 0.3) is 0 Å². The molecule has 0 bridgehead atoms. The van der Waals surface area contributed by atoms with Crippen LogP contribution < -0.4 is 5.73 Å². The van der Waals surface area contributed by atoms with Gasteiger partial charge in [0.05, 0.1) is 7.11 Å². The van der Waals surface area contributed by atoms with Gasteiger partial charge in [-0.15, -0.1) is 0 Å². The second-order valence-corrected chi connectivity index (χ2v) is 2.71. The number of nitrogen functional groups attached to an aromatic ring is 1. The number of ether oxygens (including phenoxy) is 1. The zero-order chi connectivity index (χ0) is 10.1. The molecule has 0 spiro atoms. The van der Waals surface area contributed by atoms with Crippen molar-refractivity contribution in [3.05, 3.63) is 18.0 Å². The minimum atomic E-state index is -0.443. The van der Waals surface area contributed by atoms with Crippen molar-refractivity contribution in [3.63, 3.8) is 0 Å². The second kappa shape index (κ2) is 2.99. The highest BCUT2D eigenvalue weighted by Gasteiger charge is 2.10. The Morgan fingerprint density at radius 2 is 2.43 bits per heavy atom. The Morgan fingerprint density at radius 3 is 3.14 bits per heavy atom. The monoisotopic (exact) mass is 192 g/mol. The second-order valence-electron chi connectivity index (χ2n) is 2.71. The highest BCUT2D eigenvalue weighted by Crippen LogP contribution is 2.13. The molecular formula is C8H8N4O2. The van der Waals surface area contributed by atoms with Crippen LogP contribution >= 0.6 is 0 Å². The molecule has 0 saturated heterocycles. The maximum Gasteiger partial charge on any atom is 0.354 e. The summed E-state index contributed by atoms with van der Waals surface area (Å²) < 4.78 is 4.55. The van der Waals surface area contributed by atoms with Crippen LogP contribution in [0.1, 0.15) is 10.5 Å². The Balaban J connectivity index is 2.56. The first-order valence-corrected chi connectivity index (χ1v) is 3.90. The summed E-state index contributed by atoms with van der Waals surface area (Å²) in [5.74, 6) is -0.280. The molecule has 0 aromatic carbocycles. The highest BCUT2D eigenvalue weighted by molar-refractivity contribution is 5.93. The highest BCUT2D eigenvalue weighted by atomic mass is 16.5. The molecular weight excluding hydrogens is 184 g/mol. The van der Waals surface area contributed by atoms with Gasteiger partial charge in [0.15, 0.2) is 0 Å². The smallest absolute Gasteiger partial charge is 0.354 e. The van der Waals surface area contributed by atoms with Crippen molar-refractivity contribution >= 4 is 23.0 Å². The summed E-state index contributed by atoms with van der Waals surface area (Å²) in [6, 6.07) is 1.61. The van der Waals surface area contributed by atoms with Gasteiger partial charge in [-0.2, -0.15) is 4.98 Å². The summed E-state index contributed by atoms with van der Waals surface area (Å²) >= 11 is 0. The molecule has 0 saturated carbocycles. The van der Waals surface area contributed by atoms with Gasteiger partial charge >= 0.3 is 5.97 Å². The van der Waals surface area contributed by atoms with E-state index in [0.29, 0.717) is 11.3 Å². The van der Waals surface area contributed by atoms with Crippen molar-refractivity contribution in [2.24, 2.45) is 0 Å². The zero-order valence-electron chi connectivity index (χ0n) is 7.44. The first kappa shape index (κ1) is 8.49. The number of hydrogen-bond donors (Lipinski definition) is 2. The molecule has 2 aromatic rings. The van der Waals surface area contributed by atoms with Gasteiger partial charge in [0, 0.05) is 11.6 Å². The number of methoxy groups -OCH3 is 1. The number of aromatic nitrogens is 3. The molecule has 14 heavy (non-hydrogen) atoms. The van der Waals surface area contributed by atoms with E-state index in [1.54, 1.807) is 12.3 Å². The number of H-pyrrole nitrogens is 1. The lowest BCUT2D eigenvalue weighted by Gasteiger charge is -1.92. The molecule has 0 amide bonds. The quantitative estimate of drug-likeness (QED) is 0.635. The van der Waals surface area contributed by atoms with Gasteiger partial charge in [0.1, 0.15) is 11.3 Å². The maximum atomic E-state index is 11.1. The summed E-state index contributed by atoms with van der Waals surface area (Å²) in [6.07, 6.45) is 1.54. The summed E-state index contributed by atoms with van der Waals surface area (Å²) in [5.41, 5.74) is 6.24. The first-order chi connectivity index (χ1) is 6.70. The number of aromatic amines is 1. The Labute approximate surface area is 79.1 Å². The van der Waals surface area contributed by atoms with Crippen LogP contribution in [-0.4, -0.2) is 28.0 Å². The van der Waals surface area contributed by atoms with Crippen LogP contribution in [-0.2, 0) is 4.74 Å². The first-order valence-electron chi connectivity index (χ1n) is 3.90. The molecule has 6 heteroatoms. The van der Waals surface area contributed by atoms with Crippen LogP contribution in [0.3, 0.4) is 0 Å². The number of esters is 1. The van der Waals surface area contributed by atoms with Crippen LogP contribution in [0, 0.1) is 0 Å². The Bertz CT molecular complexity index is 491. The van der Waals surface area contributed by atoms with E-state index in [1.807, 2.05) is 0 Å². The lowest BCUT2D eigenvalue weighted by molar-refractivity contribution is 0.0595. The molecule has 2 aromatic heterocycles. The third-order valence-electron chi connectivity index (χ3n) is 1.79. The number of anilines is 1. The van der Waals surface area contributed by atoms with E-state index in [9.17, 15) is 4.79 Å². The van der Waals surface area contributed by atoms with E-state index >= 15 is 0 Å². The largest absolute Gasteiger partial charge is 0.464 e. The standard InChI is InChI=1S/C8H8N4O2/c1-14-7(13)5-2-4-3-10-8(9)12-6(4)11-5/h2-3H,1H3,(H3,9,10,11,12). The topological polar surface area (TPSA) is 93.9 Å². The van der Waals surface area contributed by atoms with Crippen molar-refractivity contribution in [2.75, 3.05) is 12.8 Å². The van der Waals surface area contributed by atoms with E-state index in [1.165, 1.54) is 7.11 Å². The summed E-state index contributed by atoms with van der Waals surface area (Å²) in [5, 5.41) is 0.722. The SMILES string of the molecule is COC(=O)c1cc2cnc(N)nc2[nH]1. The van der Waals surface area contributed by atoms with Crippen molar-refractivity contribution in [3.8, 4) is 0 Å². The molecule has 0 aliphatic rings. The fourth-order valence-corrected chi connectivity index (χ4v) is 1.15. The van der Waals surface area contributed by atoms with Gasteiger partial charge in [-0.25, -0.2) is 9.78 Å². The van der Waals surface area contributed by atoms with E-state index in [-0.39, 0.29) is 5.95 Å². The summed E-state index contributed by atoms with van der Waals surface area (Å²) in [7, 11) is 1.31.